The van der Waals surface area contributed by atoms with Gasteiger partial charge in [0.25, 0.3) is 0 Å². The Kier molecular flexibility index (Phi) is 14.0. The molecule has 0 spiro atoms. The van der Waals surface area contributed by atoms with Gasteiger partial charge in [-0.3, -0.25) is 9.78 Å². The number of rotatable bonds is 20. The lowest BCUT2D eigenvalue weighted by atomic mass is 10.1. The highest BCUT2D eigenvalue weighted by molar-refractivity contribution is 8.00. The number of urea groups is 1. The normalized spacial score (nSPS) is 18.8. The van der Waals surface area contributed by atoms with Crippen LogP contribution in [0.2, 0.25) is 0 Å². The Morgan fingerprint density at radius 3 is 2.38 bits per heavy atom. The Balaban J connectivity index is 0.880. The molecule has 4 amide bonds. The third-order valence-electron chi connectivity index (χ3n) is 6.85. The number of alkyl carbamates (subject to hydrolysis) is 1. The van der Waals surface area contributed by atoms with Crippen molar-refractivity contribution in [2.45, 2.75) is 36.6 Å². The van der Waals surface area contributed by atoms with Gasteiger partial charge >= 0.3 is 23.5 Å². The summed E-state index contributed by atoms with van der Waals surface area (Å²) in [6.45, 7) is 3.37. The van der Waals surface area contributed by atoms with Crippen molar-refractivity contribution in [1.82, 2.24) is 20.9 Å². The summed E-state index contributed by atoms with van der Waals surface area (Å²) < 4.78 is 31.4. The minimum absolute atomic E-state index is 0.104. The Labute approximate surface area is 262 Å². The topological polar surface area (TPSA) is 209 Å². The molecule has 17 heteroatoms. The minimum Gasteiger partial charge on any atom is -0.450 e. The van der Waals surface area contributed by atoms with Crippen molar-refractivity contribution < 1.29 is 42.5 Å². The average Bonchev–Trinajstić information content (AvgIpc) is 3.56. The molecular formula is C28H39N5O11S. The van der Waals surface area contributed by atoms with E-state index < -0.39 is 17.5 Å². The molecule has 4 rings (SSSR count). The Morgan fingerprint density at radius 1 is 0.911 bits per heavy atom. The molecule has 2 aliphatic heterocycles. The molecule has 16 nitrogen and oxygen atoms in total. The number of aromatic amines is 1. The zero-order valence-corrected chi connectivity index (χ0v) is 25.6. The second kappa shape index (κ2) is 18.4. The quantitative estimate of drug-likeness (QED) is 0.0981. The highest BCUT2D eigenvalue weighted by atomic mass is 32.2. The van der Waals surface area contributed by atoms with Crippen LogP contribution in [0.15, 0.2) is 32.2 Å². The second-order valence-electron chi connectivity index (χ2n) is 10.1. The summed E-state index contributed by atoms with van der Waals surface area (Å²) in [6.07, 6.45) is 1.23. The molecular weight excluding hydrogens is 614 g/mol. The maximum atomic E-state index is 12.1. The fourth-order valence-corrected chi connectivity index (χ4v) is 6.24. The summed E-state index contributed by atoms with van der Waals surface area (Å²) in [5.74, 6) is -0.229. The van der Waals surface area contributed by atoms with Gasteiger partial charge in [0.1, 0.15) is 0 Å². The number of H-pyrrole nitrogens is 1. The minimum atomic E-state index is -0.841. The van der Waals surface area contributed by atoms with Gasteiger partial charge in [-0.25, -0.2) is 19.2 Å². The largest absolute Gasteiger partial charge is 0.450 e. The van der Waals surface area contributed by atoms with Crippen LogP contribution in [0.3, 0.4) is 0 Å². The number of carbonyl (C=O) groups is 3. The van der Waals surface area contributed by atoms with Gasteiger partial charge in [-0.05, 0) is 31.0 Å². The zero-order valence-electron chi connectivity index (χ0n) is 24.8. The van der Waals surface area contributed by atoms with Crippen LogP contribution in [-0.4, -0.2) is 112 Å². The predicted octanol–water partition coefficient (Wildman–Crippen LogP) is 0.548. The number of nitrogens with one attached hydrogen (secondary N) is 5. The van der Waals surface area contributed by atoms with E-state index in [-0.39, 0.29) is 42.4 Å². The number of ether oxygens (including phenoxy) is 5. The van der Waals surface area contributed by atoms with E-state index in [9.17, 15) is 24.0 Å². The molecule has 0 saturated carbocycles. The molecule has 2 aliphatic rings. The molecule has 5 N–H and O–H groups in total. The van der Waals surface area contributed by atoms with Gasteiger partial charge in [-0.2, -0.15) is 11.8 Å². The molecule has 1 aromatic carbocycles. The third-order valence-corrected chi connectivity index (χ3v) is 8.36. The summed E-state index contributed by atoms with van der Waals surface area (Å²) in [5, 5.41) is 11.7. The van der Waals surface area contributed by atoms with E-state index in [1.54, 1.807) is 6.07 Å². The highest BCUT2D eigenvalue weighted by Crippen LogP contribution is 2.32. The monoisotopic (exact) mass is 653 g/mol. The summed E-state index contributed by atoms with van der Waals surface area (Å²) in [5.41, 5.74) is -0.0602. The first-order chi connectivity index (χ1) is 21.9. The van der Waals surface area contributed by atoms with Gasteiger partial charge < -0.3 is 49.4 Å². The van der Waals surface area contributed by atoms with Crippen LogP contribution in [0.1, 0.15) is 19.3 Å². The van der Waals surface area contributed by atoms with E-state index in [1.807, 2.05) is 11.8 Å². The first kappa shape index (κ1) is 34.2. The molecule has 3 heterocycles. The molecule has 2 aromatic rings. The van der Waals surface area contributed by atoms with Crippen LogP contribution in [-0.2, 0) is 28.5 Å². The third kappa shape index (κ3) is 11.7. The van der Waals surface area contributed by atoms with Crippen LogP contribution in [0, 0.1) is 0 Å². The van der Waals surface area contributed by atoms with Crippen LogP contribution in [0.5, 0.6) is 0 Å². The van der Waals surface area contributed by atoms with Crippen molar-refractivity contribution in [3.63, 3.8) is 0 Å². The first-order valence-corrected chi connectivity index (χ1v) is 15.8. The Bertz CT molecular complexity index is 1390. The molecule has 2 saturated heterocycles. The smallest absolute Gasteiger partial charge is 0.419 e. The van der Waals surface area contributed by atoms with E-state index >= 15 is 0 Å². The maximum absolute atomic E-state index is 12.1. The van der Waals surface area contributed by atoms with E-state index in [2.05, 4.69) is 30.7 Å². The van der Waals surface area contributed by atoms with Crippen molar-refractivity contribution in [3.05, 3.63) is 39.2 Å². The molecule has 2 fully saturated rings. The lowest BCUT2D eigenvalue weighted by Crippen LogP contribution is -2.37. The van der Waals surface area contributed by atoms with Gasteiger partial charge in [0.05, 0.1) is 88.9 Å². The fourth-order valence-electron chi connectivity index (χ4n) is 4.69. The van der Waals surface area contributed by atoms with E-state index in [4.69, 9.17) is 23.7 Å². The van der Waals surface area contributed by atoms with Gasteiger partial charge in [0.15, 0.2) is 0 Å². The molecule has 3 unspecified atom stereocenters. The number of thioether (sulfide) groups is 1. The molecule has 248 valence electrons. The van der Waals surface area contributed by atoms with Crippen molar-refractivity contribution in [1.29, 1.82) is 0 Å². The molecule has 0 bridgehead atoms. The number of hydrogen-bond donors (Lipinski definition) is 5. The number of amides is 4. The number of hydrogen-bond acceptors (Lipinski definition) is 12. The summed E-state index contributed by atoms with van der Waals surface area (Å²) in [6, 6.07) is 4.75. The second-order valence-corrected chi connectivity index (χ2v) is 11.4. The van der Waals surface area contributed by atoms with Crippen LogP contribution >= 0.6 is 11.8 Å². The maximum Gasteiger partial charge on any atom is 0.419 e. The van der Waals surface area contributed by atoms with E-state index in [1.165, 1.54) is 12.1 Å². The lowest BCUT2D eigenvalue weighted by molar-refractivity contribution is -0.117. The van der Waals surface area contributed by atoms with Gasteiger partial charge in [0, 0.05) is 23.2 Å². The standard InChI is InChI=1S/C28H39N5O11S/c34-23(30-18-3-4-20-19(16-18)25(35)44-28(38)32-20)5-8-39-10-12-41-14-15-42-13-11-40-9-6-29-27(37)43-7-1-2-22-24-21(17-45-22)31-26(36)33-24/h3-4,16,21-22,24H,1-2,5-15,17H2,(H,29,37)(H,30,34)(H,32,38)(H2,31,33,36). The lowest BCUT2D eigenvalue weighted by Gasteiger charge is -2.16. The van der Waals surface area contributed by atoms with Crippen LogP contribution < -0.4 is 32.6 Å². The number of carbonyl (C=O) groups excluding carboxylic acids is 3. The average molecular weight is 654 g/mol. The molecule has 0 radical (unpaired) electrons. The fraction of sp³-hybridized carbons (Fsp3) is 0.607. The Hall–Kier alpha value is -3.64. The van der Waals surface area contributed by atoms with Gasteiger partial charge in [-0.15, -0.1) is 0 Å². The molecule has 1 aromatic heterocycles. The molecule has 3 atom stereocenters. The Morgan fingerprint density at radius 2 is 1.62 bits per heavy atom. The van der Waals surface area contributed by atoms with E-state index in [0.29, 0.717) is 75.9 Å². The number of fused-ring (bicyclic) bond motifs is 2. The van der Waals surface area contributed by atoms with E-state index in [0.717, 1.165) is 18.6 Å². The van der Waals surface area contributed by atoms with Gasteiger partial charge in [-0.1, -0.05) is 0 Å². The summed E-state index contributed by atoms with van der Waals surface area (Å²) in [4.78, 5) is 60.7. The van der Waals surface area contributed by atoms with Crippen molar-refractivity contribution in [2.75, 3.05) is 77.1 Å². The highest BCUT2D eigenvalue weighted by Gasteiger charge is 2.42. The summed E-state index contributed by atoms with van der Waals surface area (Å²) in [7, 11) is 0. The first-order valence-electron chi connectivity index (χ1n) is 14.8. The molecule has 0 aliphatic carbocycles. The SMILES string of the molecule is O=C(CCOCCOCCOCCOCCNC(=O)OCCCC1SCC2NC(=O)NC21)Nc1ccc2[nH]c(=O)oc(=O)c2c1. The summed E-state index contributed by atoms with van der Waals surface area (Å²) >= 11 is 1.83. The van der Waals surface area contributed by atoms with Crippen molar-refractivity contribution in [3.8, 4) is 0 Å². The predicted molar refractivity (Wildman–Crippen MR) is 164 cm³/mol. The van der Waals surface area contributed by atoms with Crippen molar-refractivity contribution >= 4 is 46.4 Å². The number of benzene rings is 1. The van der Waals surface area contributed by atoms with Crippen LogP contribution in [0.4, 0.5) is 15.3 Å². The van der Waals surface area contributed by atoms with Gasteiger partial charge in [0.2, 0.25) is 5.91 Å². The van der Waals surface area contributed by atoms with Crippen molar-refractivity contribution in [2.24, 2.45) is 0 Å². The zero-order chi connectivity index (χ0) is 31.9. The molecule has 45 heavy (non-hydrogen) atoms. The number of anilines is 1. The van der Waals surface area contributed by atoms with Crippen LogP contribution in [0.25, 0.3) is 10.9 Å². The number of aromatic nitrogens is 1.